The van der Waals surface area contributed by atoms with Crippen LogP contribution in [0.15, 0.2) is 0 Å². The lowest BCUT2D eigenvalue weighted by Gasteiger charge is -2.47. The van der Waals surface area contributed by atoms with Crippen molar-refractivity contribution in [3.05, 3.63) is 20.9 Å². The Bertz CT molecular complexity index is 657. The van der Waals surface area contributed by atoms with Gasteiger partial charge >= 0.3 is 0 Å². The Morgan fingerprint density at radius 2 is 2.00 bits per heavy atom. The number of carbonyl (C=O) groups excluding carboxylic acids is 1. The standard InChI is InChI=1S/C21H32N2O2S/c1-13(20-14(2)19-18(26-20)8-9-22-21(19)24)16-4-6-17(7-5-16)23-10-15(11-23)12-25-3/h13,15-17H,4-12H2,1-3H3,(H,22,24). The molecule has 1 amide bonds. The number of rotatable bonds is 5. The minimum atomic E-state index is 0.144. The van der Waals surface area contributed by atoms with Gasteiger partial charge in [-0.15, -0.1) is 11.3 Å². The van der Waals surface area contributed by atoms with Crippen molar-refractivity contribution >= 4 is 17.2 Å². The SMILES string of the molecule is COCC1CN(C2CCC(C(C)c3sc4c(c3C)C(=O)NCC4)CC2)C1. The molecule has 4 nitrogen and oxygen atoms in total. The van der Waals surface area contributed by atoms with Crippen LogP contribution in [0, 0.1) is 18.8 Å². The highest BCUT2D eigenvalue weighted by Gasteiger charge is 2.36. The summed E-state index contributed by atoms with van der Waals surface area (Å²) in [6.45, 7) is 8.72. The minimum Gasteiger partial charge on any atom is -0.384 e. The van der Waals surface area contributed by atoms with Crippen LogP contribution in [0.5, 0.6) is 0 Å². The van der Waals surface area contributed by atoms with Crippen molar-refractivity contribution in [1.29, 1.82) is 0 Å². The van der Waals surface area contributed by atoms with E-state index in [1.165, 1.54) is 54.1 Å². The summed E-state index contributed by atoms with van der Waals surface area (Å²) < 4.78 is 5.28. The molecule has 1 N–H and O–H groups in total. The quantitative estimate of drug-likeness (QED) is 0.854. The van der Waals surface area contributed by atoms with E-state index in [2.05, 4.69) is 24.1 Å². The van der Waals surface area contributed by atoms with E-state index >= 15 is 0 Å². The number of thiophene rings is 1. The average Bonchev–Trinajstić information content (AvgIpc) is 2.95. The van der Waals surface area contributed by atoms with Gasteiger partial charge in [0.15, 0.2) is 0 Å². The molecule has 0 radical (unpaired) electrons. The fourth-order valence-corrected chi connectivity index (χ4v) is 6.76. The molecule has 1 saturated heterocycles. The molecule has 2 aliphatic heterocycles. The monoisotopic (exact) mass is 376 g/mol. The molecular formula is C21H32N2O2S. The van der Waals surface area contributed by atoms with Crippen molar-refractivity contribution in [2.24, 2.45) is 11.8 Å². The molecule has 144 valence electrons. The smallest absolute Gasteiger partial charge is 0.252 e. The zero-order valence-electron chi connectivity index (χ0n) is 16.3. The number of amides is 1. The lowest BCUT2D eigenvalue weighted by atomic mass is 9.76. The van der Waals surface area contributed by atoms with Crippen LogP contribution in [0.1, 0.15) is 64.2 Å². The van der Waals surface area contributed by atoms with Crippen LogP contribution in [0.2, 0.25) is 0 Å². The van der Waals surface area contributed by atoms with Gasteiger partial charge in [0.05, 0.1) is 12.2 Å². The van der Waals surface area contributed by atoms with Gasteiger partial charge in [-0.3, -0.25) is 9.69 Å². The Hall–Kier alpha value is -0.910. The van der Waals surface area contributed by atoms with Crippen molar-refractivity contribution in [2.45, 2.75) is 57.9 Å². The number of ether oxygens (including phenoxy) is 1. The second-order valence-electron chi connectivity index (χ2n) is 8.53. The molecular weight excluding hydrogens is 344 g/mol. The lowest BCUT2D eigenvalue weighted by molar-refractivity contribution is -0.00954. The van der Waals surface area contributed by atoms with Crippen molar-refractivity contribution in [3.63, 3.8) is 0 Å². The fraction of sp³-hybridized carbons (Fsp3) is 0.762. The summed E-state index contributed by atoms with van der Waals surface area (Å²) >= 11 is 1.91. The summed E-state index contributed by atoms with van der Waals surface area (Å²) in [7, 11) is 1.81. The highest BCUT2D eigenvalue weighted by atomic mass is 32.1. The van der Waals surface area contributed by atoms with Crippen molar-refractivity contribution in [1.82, 2.24) is 10.2 Å². The van der Waals surface area contributed by atoms with E-state index in [-0.39, 0.29) is 5.91 Å². The summed E-state index contributed by atoms with van der Waals surface area (Å²) in [4.78, 5) is 17.7. The van der Waals surface area contributed by atoms with Crippen molar-refractivity contribution < 1.29 is 9.53 Å². The first-order valence-corrected chi connectivity index (χ1v) is 11.0. The fourth-order valence-electron chi connectivity index (χ4n) is 5.31. The third-order valence-electron chi connectivity index (χ3n) is 6.89. The Kier molecular flexibility index (Phi) is 5.40. The van der Waals surface area contributed by atoms with E-state index in [0.717, 1.165) is 43.0 Å². The molecule has 1 aromatic rings. The van der Waals surface area contributed by atoms with Crippen LogP contribution < -0.4 is 5.32 Å². The molecule has 1 atom stereocenters. The van der Waals surface area contributed by atoms with Gasteiger partial charge < -0.3 is 10.1 Å². The van der Waals surface area contributed by atoms with Crippen LogP contribution >= 0.6 is 11.3 Å². The first kappa shape index (κ1) is 18.5. The van der Waals surface area contributed by atoms with Gasteiger partial charge in [0.25, 0.3) is 5.91 Å². The number of hydrogen-bond acceptors (Lipinski definition) is 4. The third kappa shape index (κ3) is 3.34. The molecule has 26 heavy (non-hydrogen) atoms. The minimum absolute atomic E-state index is 0.144. The molecule has 0 bridgehead atoms. The van der Waals surface area contributed by atoms with Crippen LogP contribution in [-0.4, -0.2) is 50.2 Å². The van der Waals surface area contributed by atoms with E-state index in [9.17, 15) is 4.79 Å². The predicted octanol–water partition coefficient (Wildman–Crippen LogP) is 3.58. The Morgan fingerprint density at radius 1 is 1.27 bits per heavy atom. The number of methoxy groups -OCH3 is 1. The maximum absolute atomic E-state index is 12.2. The second kappa shape index (κ2) is 7.61. The summed E-state index contributed by atoms with van der Waals surface area (Å²) in [6, 6.07) is 0.787. The van der Waals surface area contributed by atoms with Gasteiger partial charge in [-0.25, -0.2) is 0 Å². The topological polar surface area (TPSA) is 41.6 Å². The molecule has 1 aromatic heterocycles. The van der Waals surface area contributed by atoms with E-state index in [1.807, 2.05) is 18.4 Å². The molecule has 1 aliphatic carbocycles. The van der Waals surface area contributed by atoms with Gasteiger partial charge in [-0.05, 0) is 56.4 Å². The molecule has 4 rings (SSSR count). The van der Waals surface area contributed by atoms with Gasteiger partial charge in [-0.2, -0.15) is 0 Å². The van der Waals surface area contributed by atoms with Crippen LogP contribution in [0.4, 0.5) is 0 Å². The highest BCUT2D eigenvalue weighted by molar-refractivity contribution is 7.12. The number of hydrogen-bond donors (Lipinski definition) is 1. The van der Waals surface area contributed by atoms with Crippen LogP contribution in [0.25, 0.3) is 0 Å². The summed E-state index contributed by atoms with van der Waals surface area (Å²) in [5.74, 6) is 2.24. The number of fused-ring (bicyclic) bond motifs is 1. The Balaban J connectivity index is 1.36. The van der Waals surface area contributed by atoms with E-state index in [4.69, 9.17) is 4.74 Å². The normalized spacial score (nSPS) is 28.3. The molecule has 0 aromatic carbocycles. The van der Waals surface area contributed by atoms with Gasteiger partial charge in [0, 0.05) is 48.5 Å². The number of nitrogens with zero attached hydrogens (tertiary/aromatic N) is 1. The predicted molar refractivity (Wildman–Crippen MR) is 106 cm³/mol. The maximum atomic E-state index is 12.2. The zero-order valence-corrected chi connectivity index (χ0v) is 17.2. The highest BCUT2D eigenvalue weighted by Crippen LogP contribution is 2.43. The number of carbonyl (C=O) groups is 1. The molecule has 0 spiro atoms. The average molecular weight is 377 g/mol. The maximum Gasteiger partial charge on any atom is 0.252 e. The van der Waals surface area contributed by atoms with Gasteiger partial charge in [-0.1, -0.05) is 6.92 Å². The molecule has 3 aliphatic rings. The first-order chi connectivity index (χ1) is 12.6. The number of nitrogens with one attached hydrogen (secondary N) is 1. The van der Waals surface area contributed by atoms with Crippen LogP contribution in [-0.2, 0) is 11.2 Å². The third-order valence-corrected chi connectivity index (χ3v) is 8.44. The second-order valence-corrected chi connectivity index (χ2v) is 9.66. The van der Waals surface area contributed by atoms with Crippen molar-refractivity contribution in [3.8, 4) is 0 Å². The summed E-state index contributed by atoms with van der Waals surface area (Å²) in [6.07, 6.45) is 6.32. The largest absolute Gasteiger partial charge is 0.384 e. The molecule has 5 heteroatoms. The first-order valence-electron chi connectivity index (χ1n) is 10.2. The summed E-state index contributed by atoms with van der Waals surface area (Å²) in [5, 5.41) is 3.01. The Morgan fingerprint density at radius 3 is 2.65 bits per heavy atom. The molecule has 1 saturated carbocycles. The lowest BCUT2D eigenvalue weighted by Crippen LogP contribution is -2.54. The zero-order chi connectivity index (χ0) is 18.3. The number of likely N-dealkylation sites (tertiary alicyclic amines) is 1. The van der Waals surface area contributed by atoms with Gasteiger partial charge in [0.1, 0.15) is 0 Å². The molecule has 3 heterocycles. The van der Waals surface area contributed by atoms with E-state index in [1.54, 1.807) is 0 Å². The van der Waals surface area contributed by atoms with Crippen molar-refractivity contribution in [2.75, 3.05) is 33.4 Å². The van der Waals surface area contributed by atoms with E-state index in [0.29, 0.717) is 5.92 Å². The summed E-state index contributed by atoms with van der Waals surface area (Å²) in [5.41, 5.74) is 2.24. The van der Waals surface area contributed by atoms with E-state index < -0.39 is 0 Å². The molecule has 1 unspecified atom stereocenters. The van der Waals surface area contributed by atoms with Crippen LogP contribution in [0.3, 0.4) is 0 Å². The van der Waals surface area contributed by atoms with Gasteiger partial charge in [0.2, 0.25) is 0 Å². The molecule has 2 fully saturated rings. The Labute approximate surface area is 161 Å².